The van der Waals surface area contributed by atoms with Crippen LogP contribution in [-0.2, 0) is 11.2 Å². The topological polar surface area (TPSA) is 34.1 Å². The molecule has 1 rings (SSSR count). The van der Waals surface area contributed by atoms with E-state index in [0.29, 0.717) is 22.9 Å². The van der Waals surface area contributed by atoms with Crippen molar-refractivity contribution >= 4 is 39.1 Å². The van der Waals surface area contributed by atoms with Crippen molar-refractivity contribution in [2.75, 3.05) is 0 Å². The molecule has 1 aromatic carbocycles. The van der Waals surface area contributed by atoms with Gasteiger partial charge in [0, 0.05) is 10.9 Å². The highest BCUT2D eigenvalue weighted by Crippen LogP contribution is 2.23. The van der Waals surface area contributed by atoms with Gasteiger partial charge in [-0.1, -0.05) is 12.1 Å². The van der Waals surface area contributed by atoms with Crippen molar-refractivity contribution in [2.45, 2.75) is 12.8 Å². The summed E-state index contributed by atoms with van der Waals surface area (Å²) in [6.07, 6.45) is 1.76. The highest BCUT2D eigenvalue weighted by atomic mass is 79.9. The molecule has 0 aliphatic carbocycles. The van der Waals surface area contributed by atoms with Crippen LogP contribution in [0.1, 0.15) is 22.3 Å². The van der Waals surface area contributed by atoms with E-state index in [1.54, 1.807) is 12.1 Å². The first kappa shape index (κ1) is 11.4. The van der Waals surface area contributed by atoms with Crippen molar-refractivity contribution in [3.05, 3.63) is 33.8 Å². The van der Waals surface area contributed by atoms with Gasteiger partial charge in [-0.2, -0.15) is 0 Å². The van der Waals surface area contributed by atoms with Gasteiger partial charge in [-0.15, -0.1) is 0 Å². The highest BCUT2D eigenvalue weighted by molar-refractivity contribution is 9.10. The Morgan fingerprint density at radius 2 is 2.21 bits per heavy atom. The Hall–Kier alpha value is -0.670. The zero-order chi connectivity index (χ0) is 10.6. The quantitative estimate of drug-likeness (QED) is 0.625. The standard InChI is InChI=1S/C10H8BrClO2/c11-8-5-1-3-7(4-2-6-13)9(8)10(12)14/h1,3,5-6H,2,4H2. The molecule has 0 aromatic heterocycles. The lowest BCUT2D eigenvalue weighted by molar-refractivity contribution is -0.107. The van der Waals surface area contributed by atoms with Gasteiger partial charge in [0.2, 0.25) is 0 Å². The average Bonchev–Trinajstić information content (AvgIpc) is 2.14. The molecule has 0 saturated carbocycles. The summed E-state index contributed by atoms with van der Waals surface area (Å²) in [5, 5.41) is -0.502. The molecular formula is C10H8BrClO2. The normalized spacial score (nSPS) is 9.86. The monoisotopic (exact) mass is 274 g/mol. The smallest absolute Gasteiger partial charge is 0.253 e. The third-order valence-corrected chi connectivity index (χ3v) is 2.68. The minimum absolute atomic E-state index is 0.396. The number of hydrogen-bond acceptors (Lipinski definition) is 2. The van der Waals surface area contributed by atoms with Crippen LogP contribution in [0.15, 0.2) is 22.7 Å². The molecule has 0 radical (unpaired) electrons. The lowest BCUT2D eigenvalue weighted by Gasteiger charge is -2.05. The minimum atomic E-state index is -0.502. The van der Waals surface area contributed by atoms with Gasteiger partial charge in [-0.25, -0.2) is 0 Å². The van der Waals surface area contributed by atoms with E-state index in [2.05, 4.69) is 15.9 Å². The summed E-state index contributed by atoms with van der Waals surface area (Å²) in [5.74, 6) is 0. The summed E-state index contributed by atoms with van der Waals surface area (Å²) >= 11 is 8.68. The zero-order valence-corrected chi connectivity index (χ0v) is 9.64. The summed E-state index contributed by atoms with van der Waals surface area (Å²) in [7, 11) is 0. The predicted octanol–water partition coefficient (Wildman–Crippen LogP) is 2.96. The van der Waals surface area contributed by atoms with Gasteiger partial charge in [-0.05, 0) is 45.6 Å². The molecule has 0 aliphatic rings. The number of aryl methyl sites for hydroxylation is 1. The van der Waals surface area contributed by atoms with Crippen LogP contribution in [0, 0.1) is 0 Å². The van der Waals surface area contributed by atoms with Crippen LogP contribution >= 0.6 is 27.5 Å². The number of halogens is 2. The number of carbonyl (C=O) groups excluding carboxylic acids is 2. The van der Waals surface area contributed by atoms with Crippen molar-refractivity contribution in [1.82, 2.24) is 0 Å². The summed E-state index contributed by atoms with van der Waals surface area (Å²) in [4.78, 5) is 21.3. The molecule has 0 atom stereocenters. The minimum Gasteiger partial charge on any atom is -0.303 e. The predicted molar refractivity (Wildman–Crippen MR) is 58.7 cm³/mol. The fraction of sp³-hybridized carbons (Fsp3) is 0.200. The van der Waals surface area contributed by atoms with E-state index in [9.17, 15) is 9.59 Å². The number of benzene rings is 1. The average molecular weight is 276 g/mol. The first-order valence-corrected chi connectivity index (χ1v) is 5.24. The third-order valence-electron chi connectivity index (χ3n) is 1.83. The summed E-state index contributed by atoms with van der Waals surface area (Å²) in [6.45, 7) is 0. The van der Waals surface area contributed by atoms with Crippen LogP contribution in [0.4, 0.5) is 0 Å². The summed E-state index contributed by atoms with van der Waals surface area (Å²) < 4.78 is 0.667. The Balaban J connectivity index is 3.07. The molecule has 0 amide bonds. The lowest BCUT2D eigenvalue weighted by Crippen LogP contribution is -1.99. The fourth-order valence-corrected chi connectivity index (χ4v) is 2.14. The van der Waals surface area contributed by atoms with Gasteiger partial charge in [0.05, 0.1) is 5.56 Å². The molecule has 0 fully saturated rings. The second-order valence-corrected chi connectivity index (χ2v) is 3.95. The van der Waals surface area contributed by atoms with Crippen molar-refractivity contribution in [1.29, 1.82) is 0 Å². The number of hydrogen-bond donors (Lipinski definition) is 0. The van der Waals surface area contributed by atoms with Crippen molar-refractivity contribution in [3.8, 4) is 0 Å². The van der Waals surface area contributed by atoms with Gasteiger partial charge >= 0.3 is 0 Å². The first-order chi connectivity index (χ1) is 6.66. The van der Waals surface area contributed by atoms with Gasteiger partial charge < -0.3 is 4.79 Å². The number of aldehydes is 1. The van der Waals surface area contributed by atoms with E-state index in [4.69, 9.17) is 11.6 Å². The van der Waals surface area contributed by atoms with Crippen LogP contribution in [0.3, 0.4) is 0 Å². The zero-order valence-electron chi connectivity index (χ0n) is 7.30. The molecule has 0 bridgehead atoms. The third kappa shape index (κ3) is 2.66. The Bertz CT molecular complexity index is 363. The maximum Gasteiger partial charge on any atom is 0.253 e. The molecule has 2 nitrogen and oxygen atoms in total. The first-order valence-electron chi connectivity index (χ1n) is 4.07. The highest BCUT2D eigenvalue weighted by Gasteiger charge is 2.11. The second-order valence-electron chi connectivity index (χ2n) is 2.75. The van der Waals surface area contributed by atoms with Gasteiger partial charge in [0.25, 0.3) is 5.24 Å². The summed E-state index contributed by atoms with van der Waals surface area (Å²) in [5.41, 5.74) is 1.25. The second kappa shape index (κ2) is 5.27. The Morgan fingerprint density at radius 3 is 2.79 bits per heavy atom. The number of rotatable bonds is 4. The molecular weight excluding hydrogens is 267 g/mol. The molecule has 1 aromatic rings. The molecule has 0 saturated heterocycles. The molecule has 0 heterocycles. The summed E-state index contributed by atoms with van der Waals surface area (Å²) in [6, 6.07) is 5.36. The maximum absolute atomic E-state index is 11.1. The van der Waals surface area contributed by atoms with Crippen LogP contribution in [0.5, 0.6) is 0 Å². The molecule has 14 heavy (non-hydrogen) atoms. The van der Waals surface area contributed by atoms with E-state index in [-0.39, 0.29) is 0 Å². The molecule has 74 valence electrons. The van der Waals surface area contributed by atoms with E-state index >= 15 is 0 Å². The SMILES string of the molecule is O=CCCc1cccc(Br)c1C(=O)Cl. The van der Waals surface area contributed by atoms with Gasteiger partial charge in [0.1, 0.15) is 6.29 Å². The van der Waals surface area contributed by atoms with E-state index < -0.39 is 5.24 Å². The molecule has 4 heteroatoms. The van der Waals surface area contributed by atoms with E-state index in [0.717, 1.165) is 11.8 Å². The molecule has 0 N–H and O–H groups in total. The van der Waals surface area contributed by atoms with Gasteiger partial charge in [-0.3, -0.25) is 4.79 Å². The Morgan fingerprint density at radius 1 is 1.50 bits per heavy atom. The molecule has 0 spiro atoms. The fourth-order valence-electron chi connectivity index (χ4n) is 1.21. The maximum atomic E-state index is 11.1. The van der Waals surface area contributed by atoms with Crippen LogP contribution in [0.2, 0.25) is 0 Å². The molecule has 0 unspecified atom stereocenters. The van der Waals surface area contributed by atoms with Gasteiger partial charge in [0.15, 0.2) is 0 Å². The van der Waals surface area contributed by atoms with Crippen molar-refractivity contribution in [2.24, 2.45) is 0 Å². The largest absolute Gasteiger partial charge is 0.303 e. The number of carbonyl (C=O) groups is 2. The van der Waals surface area contributed by atoms with Crippen LogP contribution in [-0.4, -0.2) is 11.5 Å². The van der Waals surface area contributed by atoms with Crippen molar-refractivity contribution in [3.63, 3.8) is 0 Å². The molecule has 0 aliphatic heterocycles. The van der Waals surface area contributed by atoms with E-state index in [1.165, 1.54) is 0 Å². The van der Waals surface area contributed by atoms with E-state index in [1.807, 2.05) is 6.07 Å². The lowest BCUT2D eigenvalue weighted by atomic mass is 10.0. The Labute approximate surface area is 95.4 Å². The van der Waals surface area contributed by atoms with Crippen LogP contribution < -0.4 is 0 Å². The Kier molecular flexibility index (Phi) is 4.29. The van der Waals surface area contributed by atoms with Crippen molar-refractivity contribution < 1.29 is 9.59 Å². The van der Waals surface area contributed by atoms with Crippen LogP contribution in [0.25, 0.3) is 0 Å².